The highest BCUT2D eigenvalue weighted by Crippen LogP contribution is 2.22. The van der Waals surface area contributed by atoms with Crippen LogP contribution in [0.25, 0.3) is 0 Å². The molecular weight excluding hydrogens is 188 g/mol. The number of hydrogen-bond donors (Lipinski definition) is 2. The van der Waals surface area contributed by atoms with Crippen LogP contribution in [0.4, 0.5) is 5.82 Å². The Bertz CT molecular complexity index is 333. The molecule has 1 aliphatic rings. The molecule has 1 aromatic heterocycles. The lowest BCUT2D eigenvalue weighted by Gasteiger charge is -2.27. The Morgan fingerprint density at radius 3 is 2.87 bits per heavy atom. The molecule has 0 unspecified atom stereocenters. The summed E-state index contributed by atoms with van der Waals surface area (Å²) in [6.07, 6.45) is 4.67. The average molecular weight is 206 g/mol. The number of nitrogens with zero attached hydrogens (tertiary/aromatic N) is 2. The SMILES string of the molecule is Cc1nc(CCN)cc(NC2CCC2)n1. The Labute approximate surface area is 90.3 Å². The van der Waals surface area contributed by atoms with Gasteiger partial charge in [0, 0.05) is 24.2 Å². The molecule has 0 amide bonds. The first-order valence-electron chi connectivity index (χ1n) is 5.59. The fourth-order valence-electron chi connectivity index (χ4n) is 1.74. The van der Waals surface area contributed by atoms with Crippen molar-refractivity contribution in [1.29, 1.82) is 0 Å². The Morgan fingerprint density at radius 1 is 1.47 bits per heavy atom. The van der Waals surface area contributed by atoms with Gasteiger partial charge in [0.2, 0.25) is 0 Å². The highest BCUT2D eigenvalue weighted by Gasteiger charge is 2.17. The normalized spacial score (nSPS) is 16.1. The third-order valence-corrected chi connectivity index (χ3v) is 2.75. The van der Waals surface area contributed by atoms with Crippen molar-refractivity contribution in [2.75, 3.05) is 11.9 Å². The highest BCUT2D eigenvalue weighted by molar-refractivity contribution is 5.37. The molecule has 0 aromatic carbocycles. The maximum atomic E-state index is 5.52. The van der Waals surface area contributed by atoms with Gasteiger partial charge in [0.25, 0.3) is 0 Å². The first kappa shape index (κ1) is 10.4. The van der Waals surface area contributed by atoms with E-state index < -0.39 is 0 Å². The van der Waals surface area contributed by atoms with Gasteiger partial charge in [-0.3, -0.25) is 0 Å². The molecule has 82 valence electrons. The first-order chi connectivity index (χ1) is 7.28. The largest absolute Gasteiger partial charge is 0.367 e. The van der Waals surface area contributed by atoms with Gasteiger partial charge in [-0.1, -0.05) is 0 Å². The molecule has 1 heterocycles. The third kappa shape index (κ3) is 2.65. The molecule has 0 saturated heterocycles. The van der Waals surface area contributed by atoms with Crippen LogP contribution in [0.1, 0.15) is 30.8 Å². The zero-order valence-electron chi connectivity index (χ0n) is 9.16. The zero-order chi connectivity index (χ0) is 10.7. The fraction of sp³-hybridized carbons (Fsp3) is 0.636. The third-order valence-electron chi connectivity index (χ3n) is 2.75. The van der Waals surface area contributed by atoms with Gasteiger partial charge in [-0.25, -0.2) is 9.97 Å². The van der Waals surface area contributed by atoms with E-state index in [4.69, 9.17) is 5.73 Å². The number of rotatable bonds is 4. The lowest BCUT2D eigenvalue weighted by atomic mass is 9.93. The Kier molecular flexibility index (Phi) is 3.16. The van der Waals surface area contributed by atoms with E-state index in [-0.39, 0.29) is 0 Å². The highest BCUT2D eigenvalue weighted by atomic mass is 15.1. The van der Waals surface area contributed by atoms with Crippen LogP contribution < -0.4 is 11.1 Å². The second kappa shape index (κ2) is 4.57. The van der Waals surface area contributed by atoms with E-state index in [1.54, 1.807) is 0 Å². The van der Waals surface area contributed by atoms with Gasteiger partial charge in [0.15, 0.2) is 0 Å². The van der Waals surface area contributed by atoms with Gasteiger partial charge in [-0.05, 0) is 32.7 Å². The Morgan fingerprint density at radius 2 is 2.27 bits per heavy atom. The number of aryl methyl sites for hydroxylation is 1. The Hall–Kier alpha value is -1.16. The molecular formula is C11H18N4. The molecule has 0 bridgehead atoms. The molecule has 1 saturated carbocycles. The summed E-state index contributed by atoms with van der Waals surface area (Å²) in [5, 5.41) is 3.43. The molecule has 3 N–H and O–H groups in total. The molecule has 1 aromatic rings. The van der Waals surface area contributed by atoms with Crippen LogP contribution in [-0.2, 0) is 6.42 Å². The molecule has 4 nitrogen and oxygen atoms in total. The maximum Gasteiger partial charge on any atom is 0.130 e. The number of aromatic nitrogens is 2. The quantitative estimate of drug-likeness (QED) is 0.778. The van der Waals surface area contributed by atoms with Gasteiger partial charge >= 0.3 is 0 Å². The molecule has 4 heteroatoms. The van der Waals surface area contributed by atoms with Crippen LogP contribution in [0, 0.1) is 6.92 Å². The summed E-state index contributed by atoms with van der Waals surface area (Å²) in [5.74, 6) is 1.78. The van der Waals surface area contributed by atoms with Crippen LogP contribution in [0.15, 0.2) is 6.07 Å². The molecule has 1 fully saturated rings. The summed E-state index contributed by atoms with van der Waals surface area (Å²) in [4.78, 5) is 8.72. The van der Waals surface area contributed by atoms with Gasteiger partial charge in [-0.15, -0.1) is 0 Å². The van der Waals surface area contributed by atoms with Gasteiger partial charge < -0.3 is 11.1 Å². The predicted octanol–water partition coefficient (Wildman–Crippen LogP) is 1.25. The van der Waals surface area contributed by atoms with Crippen molar-refractivity contribution in [1.82, 2.24) is 9.97 Å². The van der Waals surface area contributed by atoms with Crippen molar-refractivity contribution >= 4 is 5.82 Å². The standard InChI is InChI=1S/C11H18N4/c1-8-13-10(5-6-12)7-11(14-8)15-9-3-2-4-9/h7,9H,2-6,12H2,1H3,(H,13,14,15). The summed E-state index contributed by atoms with van der Waals surface area (Å²) >= 11 is 0. The van der Waals surface area contributed by atoms with Crippen LogP contribution >= 0.6 is 0 Å². The second-order valence-corrected chi connectivity index (χ2v) is 4.10. The molecule has 0 spiro atoms. The predicted molar refractivity (Wildman–Crippen MR) is 60.8 cm³/mol. The minimum atomic E-state index is 0.616. The smallest absolute Gasteiger partial charge is 0.130 e. The number of anilines is 1. The first-order valence-corrected chi connectivity index (χ1v) is 5.59. The van der Waals surface area contributed by atoms with E-state index >= 15 is 0 Å². The van der Waals surface area contributed by atoms with Crippen LogP contribution in [0.3, 0.4) is 0 Å². The van der Waals surface area contributed by atoms with Crippen molar-refractivity contribution in [2.45, 2.75) is 38.6 Å². The molecule has 1 aliphatic carbocycles. The molecule has 0 atom stereocenters. The van der Waals surface area contributed by atoms with E-state index in [0.717, 1.165) is 23.8 Å². The van der Waals surface area contributed by atoms with Crippen molar-refractivity contribution in [2.24, 2.45) is 5.73 Å². The number of hydrogen-bond acceptors (Lipinski definition) is 4. The van der Waals surface area contributed by atoms with E-state index in [1.165, 1.54) is 19.3 Å². The summed E-state index contributed by atoms with van der Waals surface area (Å²) in [6, 6.07) is 2.63. The number of nitrogens with two attached hydrogens (primary N) is 1. The second-order valence-electron chi connectivity index (χ2n) is 4.10. The lowest BCUT2D eigenvalue weighted by Crippen LogP contribution is -2.27. The van der Waals surface area contributed by atoms with Gasteiger partial charge in [0.1, 0.15) is 11.6 Å². The molecule has 0 radical (unpaired) electrons. The summed E-state index contributed by atoms with van der Waals surface area (Å²) in [6.45, 7) is 2.56. The van der Waals surface area contributed by atoms with Crippen molar-refractivity contribution in [3.8, 4) is 0 Å². The van der Waals surface area contributed by atoms with Crippen LogP contribution in [-0.4, -0.2) is 22.6 Å². The van der Waals surface area contributed by atoms with E-state index in [0.29, 0.717) is 12.6 Å². The minimum absolute atomic E-state index is 0.616. The summed E-state index contributed by atoms with van der Waals surface area (Å²) in [5.41, 5.74) is 6.55. The van der Waals surface area contributed by atoms with Gasteiger partial charge in [-0.2, -0.15) is 0 Å². The number of nitrogens with one attached hydrogen (secondary N) is 1. The summed E-state index contributed by atoms with van der Waals surface area (Å²) in [7, 11) is 0. The minimum Gasteiger partial charge on any atom is -0.367 e. The Balaban J connectivity index is 2.07. The van der Waals surface area contributed by atoms with E-state index in [2.05, 4.69) is 15.3 Å². The van der Waals surface area contributed by atoms with Crippen LogP contribution in [0.2, 0.25) is 0 Å². The zero-order valence-corrected chi connectivity index (χ0v) is 9.16. The van der Waals surface area contributed by atoms with Crippen molar-refractivity contribution in [3.63, 3.8) is 0 Å². The monoisotopic (exact) mass is 206 g/mol. The molecule has 15 heavy (non-hydrogen) atoms. The maximum absolute atomic E-state index is 5.52. The van der Waals surface area contributed by atoms with E-state index in [1.807, 2.05) is 13.0 Å². The topological polar surface area (TPSA) is 63.8 Å². The molecule has 0 aliphatic heterocycles. The van der Waals surface area contributed by atoms with E-state index in [9.17, 15) is 0 Å². The van der Waals surface area contributed by atoms with Crippen molar-refractivity contribution < 1.29 is 0 Å². The van der Waals surface area contributed by atoms with Crippen LogP contribution in [0.5, 0.6) is 0 Å². The molecule has 2 rings (SSSR count). The van der Waals surface area contributed by atoms with Crippen molar-refractivity contribution in [3.05, 3.63) is 17.6 Å². The lowest BCUT2D eigenvalue weighted by molar-refractivity contribution is 0.444. The van der Waals surface area contributed by atoms with Gasteiger partial charge in [0.05, 0.1) is 0 Å². The summed E-state index contributed by atoms with van der Waals surface area (Å²) < 4.78 is 0. The fourth-order valence-corrected chi connectivity index (χ4v) is 1.74. The average Bonchev–Trinajstić information content (AvgIpc) is 2.11.